The summed E-state index contributed by atoms with van der Waals surface area (Å²) in [6.45, 7) is 0. The number of halogens is 1. The van der Waals surface area contributed by atoms with E-state index in [1.54, 1.807) is 42.5 Å². The number of esters is 1. The Morgan fingerprint density at radius 3 is 2.69 bits per heavy atom. The van der Waals surface area contributed by atoms with Gasteiger partial charge in [0.05, 0.1) is 18.0 Å². The average Bonchev–Trinajstić information content (AvgIpc) is 3.18. The number of methoxy groups -OCH3 is 1. The molecule has 1 aliphatic rings. The molecule has 1 amide bonds. The molecule has 146 valence electrons. The minimum atomic E-state index is -0.977. The molecule has 3 aromatic rings. The summed E-state index contributed by atoms with van der Waals surface area (Å²) in [6, 6.07) is 13.2. The maximum Gasteiger partial charge on any atom is 0.333 e. The molecule has 0 saturated heterocycles. The minimum Gasteiger partial charge on any atom is -0.493 e. The van der Waals surface area contributed by atoms with Crippen molar-refractivity contribution in [2.45, 2.75) is 6.04 Å². The van der Waals surface area contributed by atoms with E-state index in [2.05, 4.69) is 20.9 Å². The van der Waals surface area contributed by atoms with Crippen LogP contribution in [0.5, 0.6) is 5.88 Å². The second-order valence-electron chi connectivity index (χ2n) is 6.18. The zero-order chi connectivity index (χ0) is 20.7. The van der Waals surface area contributed by atoms with Crippen molar-refractivity contribution in [3.05, 3.63) is 78.0 Å². The van der Waals surface area contributed by atoms with E-state index in [9.17, 15) is 14.7 Å². The zero-order valence-corrected chi connectivity index (χ0v) is 18.2. The van der Waals surface area contributed by atoms with E-state index in [1.807, 2.05) is 6.07 Å². The summed E-state index contributed by atoms with van der Waals surface area (Å²) < 4.78 is 7.27. The summed E-state index contributed by atoms with van der Waals surface area (Å²) in [4.78, 5) is 29.5. The van der Waals surface area contributed by atoms with Gasteiger partial charge in [-0.25, -0.2) is 9.79 Å². The van der Waals surface area contributed by atoms with Gasteiger partial charge in [-0.1, -0.05) is 46.3 Å². The lowest BCUT2D eigenvalue weighted by Gasteiger charge is -2.17. The molecule has 4 rings (SSSR count). The quantitative estimate of drug-likeness (QED) is 0.451. The van der Waals surface area contributed by atoms with Crippen LogP contribution in [-0.4, -0.2) is 28.7 Å². The van der Waals surface area contributed by atoms with E-state index in [1.165, 1.54) is 11.7 Å². The second kappa shape index (κ2) is 7.66. The SMILES string of the molecule is COC(=O)C(c1ccccc1)n1c(O)c(C2=c3cc(Br)ccc3=NC2=O)sc1=S. The molecule has 0 spiro atoms. The Morgan fingerprint density at radius 1 is 1.28 bits per heavy atom. The number of rotatable bonds is 4. The molecule has 6 nitrogen and oxygen atoms in total. The van der Waals surface area contributed by atoms with E-state index in [4.69, 9.17) is 17.0 Å². The lowest BCUT2D eigenvalue weighted by Crippen LogP contribution is -2.23. The highest BCUT2D eigenvalue weighted by molar-refractivity contribution is 9.10. The fraction of sp³-hybridized carbons (Fsp3) is 0.100. The molecule has 1 atom stereocenters. The highest BCUT2D eigenvalue weighted by Crippen LogP contribution is 2.37. The van der Waals surface area contributed by atoms with E-state index in [-0.39, 0.29) is 20.3 Å². The van der Waals surface area contributed by atoms with Crippen molar-refractivity contribution in [3.8, 4) is 5.88 Å². The molecule has 0 saturated carbocycles. The van der Waals surface area contributed by atoms with Crippen LogP contribution in [0.2, 0.25) is 0 Å². The molecule has 1 unspecified atom stereocenters. The summed E-state index contributed by atoms with van der Waals surface area (Å²) >= 11 is 9.89. The third-order valence-electron chi connectivity index (χ3n) is 4.51. The van der Waals surface area contributed by atoms with Gasteiger partial charge in [0.25, 0.3) is 5.91 Å². The maximum absolute atomic E-state index is 12.6. The number of carbonyl (C=O) groups excluding carboxylic acids is 2. The molecule has 1 aromatic heterocycles. The first kappa shape index (κ1) is 19.7. The van der Waals surface area contributed by atoms with Crippen molar-refractivity contribution in [2.24, 2.45) is 4.99 Å². The first-order valence-electron chi connectivity index (χ1n) is 8.42. The van der Waals surface area contributed by atoms with E-state index in [0.29, 0.717) is 16.1 Å². The summed E-state index contributed by atoms with van der Waals surface area (Å²) in [7, 11) is 1.27. The summed E-state index contributed by atoms with van der Waals surface area (Å²) in [5.41, 5.74) is 0.857. The van der Waals surface area contributed by atoms with Crippen molar-refractivity contribution in [1.82, 2.24) is 4.57 Å². The predicted octanol–water partition coefficient (Wildman–Crippen LogP) is 2.87. The van der Waals surface area contributed by atoms with Crippen LogP contribution in [0.4, 0.5) is 0 Å². The van der Waals surface area contributed by atoms with Crippen LogP contribution >= 0.6 is 39.5 Å². The van der Waals surface area contributed by atoms with Crippen molar-refractivity contribution in [2.75, 3.05) is 7.11 Å². The fourth-order valence-corrected chi connectivity index (χ4v) is 4.97. The zero-order valence-electron chi connectivity index (χ0n) is 15.0. The largest absolute Gasteiger partial charge is 0.493 e. The number of ether oxygens (including phenoxy) is 1. The molecular weight excluding hydrogens is 476 g/mol. The predicted molar refractivity (Wildman–Crippen MR) is 114 cm³/mol. The maximum atomic E-state index is 12.6. The minimum absolute atomic E-state index is 0.237. The monoisotopic (exact) mass is 488 g/mol. The van der Waals surface area contributed by atoms with Crippen molar-refractivity contribution in [3.63, 3.8) is 0 Å². The van der Waals surface area contributed by atoms with Crippen LogP contribution in [0.1, 0.15) is 16.5 Å². The number of fused-ring (bicyclic) bond motifs is 1. The number of hydrogen-bond acceptors (Lipinski definition) is 6. The number of aromatic nitrogens is 1. The van der Waals surface area contributed by atoms with E-state index in [0.717, 1.165) is 15.8 Å². The van der Waals surface area contributed by atoms with Crippen molar-refractivity contribution in [1.29, 1.82) is 0 Å². The Morgan fingerprint density at radius 2 is 2.00 bits per heavy atom. The first-order chi connectivity index (χ1) is 13.9. The van der Waals surface area contributed by atoms with Crippen LogP contribution in [0.15, 0.2) is 58.0 Å². The van der Waals surface area contributed by atoms with E-state index < -0.39 is 17.9 Å². The highest BCUT2D eigenvalue weighted by atomic mass is 79.9. The van der Waals surface area contributed by atoms with Gasteiger partial charge in [-0.2, -0.15) is 0 Å². The van der Waals surface area contributed by atoms with Crippen molar-refractivity contribution >= 4 is 56.9 Å². The molecule has 0 aliphatic carbocycles. The van der Waals surface area contributed by atoms with Crippen LogP contribution in [0.25, 0.3) is 5.57 Å². The van der Waals surface area contributed by atoms with Crippen molar-refractivity contribution < 1.29 is 19.4 Å². The summed E-state index contributed by atoms with van der Waals surface area (Å²) in [5, 5.41) is 12.1. The van der Waals surface area contributed by atoms with Gasteiger partial charge in [-0.3, -0.25) is 9.36 Å². The number of amides is 1. The molecule has 0 bridgehead atoms. The highest BCUT2D eigenvalue weighted by Gasteiger charge is 2.31. The van der Waals surface area contributed by atoms with Gasteiger partial charge in [0.15, 0.2) is 10.00 Å². The Kier molecular flexibility index (Phi) is 5.20. The number of hydrogen-bond donors (Lipinski definition) is 1. The van der Waals surface area contributed by atoms with Gasteiger partial charge in [0, 0.05) is 9.69 Å². The molecule has 9 heteroatoms. The lowest BCUT2D eigenvalue weighted by molar-refractivity contribution is -0.143. The molecule has 0 radical (unpaired) electrons. The Hall–Kier alpha value is -2.62. The first-order valence-corrected chi connectivity index (χ1v) is 10.4. The lowest BCUT2D eigenvalue weighted by atomic mass is 10.1. The molecule has 0 fully saturated rings. The Balaban J connectivity index is 1.98. The number of thiazole rings is 1. The standard InChI is InChI=1S/C20H13BrN2O4S2/c1-27-19(26)15(10-5-3-2-4-6-10)23-18(25)16(29-20(23)28)14-12-9-11(21)7-8-13(12)22-17(14)24/h2-9,15,25H,1H3. The number of aromatic hydroxyl groups is 1. The molecule has 2 heterocycles. The summed E-state index contributed by atoms with van der Waals surface area (Å²) in [6.07, 6.45) is 0. The van der Waals surface area contributed by atoms with Gasteiger partial charge in [-0.15, -0.1) is 11.3 Å². The van der Waals surface area contributed by atoms with Gasteiger partial charge < -0.3 is 9.84 Å². The number of nitrogens with zero attached hydrogens (tertiary/aromatic N) is 2. The number of benzene rings is 2. The van der Waals surface area contributed by atoms with Crippen LogP contribution < -0.4 is 10.6 Å². The molecular formula is C20H13BrN2O4S2. The van der Waals surface area contributed by atoms with Gasteiger partial charge in [0.1, 0.15) is 4.88 Å². The van der Waals surface area contributed by atoms with Gasteiger partial charge >= 0.3 is 5.97 Å². The average molecular weight is 489 g/mol. The van der Waals surface area contributed by atoms with Gasteiger partial charge in [-0.05, 0) is 36.0 Å². The molecule has 2 aromatic carbocycles. The Bertz CT molecular complexity index is 1330. The third-order valence-corrected chi connectivity index (χ3v) is 6.41. The third kappa shape index (κ3) is 3.35. The van der Waals surface area contributed by atoms with Crippen LogP contribution in [-0.2, 0) is 14.3 Å². The topological polar surface area (TPSA) is 80.9 Å². The molecule has 29 heavy (non-hydrogen) atoms. The van der Waals surface area contributed by atoms with Gasteiger partial charge in [0.2, 0.25) is 5.88 Å². The Labute approximate surface area is 182 Å². The summed E-state index contributed by atoms with van der Waals surface area (Å²) in [5.74, 6) is -1.32. The second-order valence-corrected chi connectivity index (χ2v) is 8.74. The van der Waals surface area contributed by atoms with Crippen LogP contribution in [0, 0.1) is 3.95 Å². The fourth-order valence-electron chi connectivity index (χ4n) is 3.21. The smallest absolute Gasteiger partial charge is 0.333 e. The normalized spacial score (nSPS) is 13.7. The molecule has 1 aliphatic heterocycles. The van der Waals surface area contributed by atoms with Crippen LogP contribution in [0.3, 0.4) is 0 Å². The van der Waals surface area contributed by atoms with E-state index >= 15 is 0 Å². The molecule has 1 N–H and O–H groups in total. The number of carbonyl (C=O) groups is 2.